The number of benzene rings is 2. The second-order valence-corrected chi connectivity index (χ2v) is 6.90. The van der Waals surface area contributed by atoms with Gasteiger partial charge in [-0.3, -0.25) is 19.3 Å². The third-order valence-electron chi connectivity index (χ3n) is 5.39. The highest BCUT2D eigenvalue weighted by molar-refractivity contribution is 6.09. The molecule has 5 heteroatoms. The van der Waals surface area contributed by atoms with E-state index in [1.807, 2.05) is 54.6 Å². The monoisotopic (exact) mass is 348 g/mol. The number of hydrogen-bond acceptors (Lipinski definition) is 3. The van der Waals surface area contributed by atoms with E-state index in [0.29, 0.717) is 12.8 Å². The molecule has 3 amide bonds. The zero-order valence-electron chi connectivity index (χ0n) is 14.6. The molecule has 2 aliphatic rings. The number of anilines is 1. The summed E-state index contributed by atoms with van der Waals surface area (Å²) < 4.78 is 0. The standard InChI is InChI=1S/C21H20N2O3/c1-22(16-11-10-14-6-2-3-7-15(14)12-16)19(24)13-23-20(25)17-8-4-5-9-18(17)21(23)26/h2-7,10-12,17-18H,8-9,13H2,1H3. The quantitative estimate of drug-likeness (QED) is 0.633. The molecule has 26 heavy (non-hydrogen) atoms. The zero-order valence-corrected chi connectivity index (χ0v) is 14.6. The first-order valence-electron chi connectivity index (χ1n) is 8.82. The van der Waals surface area contributed by atoms with E-state index in [1.165, 1.54) is 4.90 Å². The Balaban J connectivity index is 1.52. The largest absolute Gasteiger partial charge is 0.314 e. The summed E-state index contributed by atoms with van der Waals surface area (Å²) >= 11 is 0. The van der Waals surface area contributed by atoms with Crippen LogP contribution < -0.4 is 4.90 Å². The van der Waals surface area contributed by atoms with Gasteiger partial charge >= 0.3 is 0 Å². The molecule has 4 rings (SSSR count). The Morgan fingerprint density at radius 1 is 1.00 bits per heavy atom. The van der Waals surface area contributed by atoms with Crippen LogP contribution in [0, 0.1) is 11.8 Å². The van der Waals surface area contributed by atoms with Crippen LogP contribution in [0.25, 0.3) is 10.8 Å². The van der Waals surface area contributed by atoms with Crippen molar-refractivity contribution in [1.82, 2.24) is 4.90 Å². The third-order valence-corrected chi connectivity index (χ3v) is 5.39. The third kappa shape index (κ3) is 2.69. The Morgan fingerprint density at radius 3 is 2.27 bits per heavy atom. The number of imide groups is 1. The molecule has 0 aromatic heterocycles. The molecular formula is C21H20N2O3. The highest BCUT2D eigenvalue weighted by Gasteiger charge is 2.47. The number of carbonyl (C=O) groups excluding carboxylic acids is 3. The number of allylic oxidation sites excluding steroid dienone is 2. The average Bonchev–Trinajstić information content (AvgIpc) is 2.92. The SMILES string of the molecule is CN(C(=O)CN1C(=O)C2CC=CCC2C1=O)c1ccc2ccccc2c1. The lowest BCUT2D eigenvalue weighted by Gasteiger charge is -2.21. The summed E-state index contributed by atoms with van der Waals surface area (Å²) in [5.74, 6) is -1.31. The minimum Gasteiger partial charge on any atom is -0.314 e. The van der Waals surface area contributed by atoms with E-state index in [2.05, 4.69) is 0 Å². The first-order chi connectivity index (χ1) is 12.6. The second-order valence-electron chi connectivity index (χ2n) is 6.90. The number of rotatable bonds is 3. The Bertz CT molecular complexity index is 908. The van der Waals surface area contributed by atoms with E-state index in [0.717, 1.165) is 21.4 Å². The van der Waals surface area contributed by atoms with Crippen LogP contribution in [0.3, 0.4) is 0 Å². The summed E-state index contributed by atoms with van der Waals surface area (Å²) in [4.78, 5) is 40.4. The summed E-state index contributed by atoms with van der Waals surface area (Å²) in [6, 6.07) is 13.7. The van der Waals surface area contributed by atoms with Crippen molar-refractivity contribution in [2.45, 2.75) is 12.8 Å². The molecule has 2 aromatic carbocycles. The number of amides is 3. The van der Waals surface area contributed by atoms with Crippen molar-refractivity contribution in [3.05, 3.63) is 54.6 Å². The Morgan fingerprint density at radius 2 is 1.62 bits per heavy atom. The van der Waals surface area contributed by atoms with E-state index < -0.39 is 0 Å². The van der Waals surface area contributed by atoms with Crippen LogP contribution in [0.2, 0.25) is 0 Å². The van der Waals surface area contributed by atoms with Crippen molar-refractivity contribution in [3.8, 4) is 0 Å². The Hall–Kier alpha value is -2.95. The van der Waals surface area contributed by atoms with Gasteiger partial charge in [0.2, 0.25) is 17.7 Å². The summed E-state index contributed by atoms with van der Waals surface area (Å²) in [7, 11) is 1.67. The highest BCUT2D eigenvalue weighted by atomic mass is 16.2. The molecule has 1 fully saturated rings. The Kier molecular flexibility index (Phi) is 4.07. The fourth-order valence-corrected chi connectivity index (χ4v) is 3.80. The molecule has 0 spiro atoms. The maximum Gasteiger partial charge on any atom is 0.246 e. The van der Waals surface area contributed by atoms with Crippen LogP contribution >= 0.6 is 0 Å². The first kappa shape index (κ1) is 16.5. The minimum absolute atomic E-state index is 0.200. The van der Waals surface area contributed by atoms with Crippen molar-refractivity contribution in [3.63, 3.8) is 0 Å². The predicted octanol–water partition coefficient (Wildman–Crippen LogP) is 2.75. The fraction of sp³-hybridized carbons (Fsp3) is 0.286. The molecule has 2 aromatic rings. The summed E-state index contributed by atoms with van der Waals surface area (Å²) in [5.41, 5.74) is 0.742. The lowest BCUT2D eigenvalue weighted by Crippen LogP contribution is -2.41. The van der Waals surface area contributed by atoms with Gasteiger partial charge in [-0.25, -0.2) is 0 Å². The van der Waals surface area contributed by atoms with Crippen LogP contribution in [0.5, 0.6) is 0 Å². The molecule has 0 bridgehead atoms. The molecule has 2 unspecified atom stereocenters. The summed E-state index contributed by atoms with van der Waals surface area (Å²) in [6.45, 7) is -0.200. The van der Waals surface area contributed by atoms with E-state index in [9.17, 15) is 14.4 Å². The van der Waals surface area contributed by atoms with Crippen molar-refractivity contribution >= 4 is 34.2 Å². The van der Waals surface area contributed by atoms with Crippen molar-refractivity contribution < 1.29 is 14.4 Å². The van der Waals surface area contributed by atoms with Gasteiger partial charge in [-0.15, -0.1) is 0 Å². The molecule has 0 radical (unpaired) electrons. The predicted molar refractivity (Wildman–Crippen MR) is 99.4 cm³/mol. The number of hydrogen-bond donors (Lipinski definition) is 0. The maximum absolute atomic E-state index is 12.7. The smallest absolute Gasteiger partial charge is 0.246 e. The summed E-state index contributed by atoms with van der Waals surface area (Å²) in [5, 5.41) is 2.13. The van der Waals surface area contributed by atoms with Crippen molar-refractivity contribution in [2.75, 3.05) is 18.5 Å². The van der Waals surface area contributed by atoms with Crippen LogP contribution in [-0.2, 0) is 14.4 Å². The van der Waals surface area contributed by atoms with Crippen LogP contribution in [0.4, 0.5) is 5.69 Å². The van der Waals surface area contributed by atoms with Crippen molar-refractivity contribution in [2.24, 2.45) is 11.8 Å². The van der Waals surface area contributed by atoms with E-state index in [4.69, 9.17) is 0 Å². The first-order valence-corrected chi connectivity index (χ1v) is 8.82. The molecule has 1 saturated heterocycles. The lowest BCUT2D eigenvalue weighted by molar-refractivity contribution is -0.143. The van der Waals surface area contributed by atoms with Gasteiger partial charge in [-0.2, -0.15) is 0 Å². The van der Waals surface area contributed by atoms with E-state index >= 15 is 0 Å². The van der Waals surface area contributed by atoms with Gasteiger partial charge in [0.1, 0.15) is 6.54 Å². The number of likely N-dealkylation sites (N-methyl/N-ethyl adjacent to an activating group) is 1. The number of fused-ring (bicyclic) bond motifs is 2. The van der Waals surface area contributed by atoms with Gasteiger partial charge in [-0.05, 0) is 35.7 Å². The maximum atomic E-state index is 12.7. The Labute approximate surface area is 151 Å². The van der Waals surface area contributed by atoms with E-state index in [1.54, 1.807) is 7.05 Å². The van der Waals surface area contributed by atoms with Gasteiger partial charge in [-0.1, -0.05) is 42.5 Å². The van der Waals surface area contributed by atoms with E-state index in [-0.39, 0.29) is 36.1 Å². The van der Waals surface area contributed by atoms with Gasteiger partial charge < -0.3 is 4.90 Å². The fourth-order valence-electron chi connectivity index (χ4n) is 3.80. The molecule has 5 nitrogen and oxygen atoms in total. The van der Waals surface area contributed by atoms with Crippen LogP contribution in [-0.4, -0.2) is 36.2 Å². The lowest BCUT2D eigenvalue weighted by atomic mass is 9.85. The molecule has 0 saturated carbocycles. The second kappa shape index (κ2) is 6.41. The van der Waals surface area contributed by atoms with Crippen LogP contribution in [0.1, 0.15) is 12.8 Å². The van der Waals surface area contributed by atoms with Crippen molar-refractivity contribution in [1.29, 1.82) is 0 Å². The van der Waals surface area contributed by atoms with Gasteiger partial charge in [0.05, 0.1) is 11.8 Å². The van der Waals surface area contributed by atoms with Gasteiger partial charge in [0, 0.05) is 12.7 Å². The molecule has 2 atom stereocenters. The molecule has 1 heterocycles. The van der Waals surface area contributed by atoms with Crippen LogP contribution in [0.15, 0.2) is 54.6 Å². The molecule has 1 aliphatic heterocycles. The molecule has 0 N–H and O–H groups in total. The summed E-state index contributed by atoms with van der Waals surface area (Å²) in [6.07, 6.45) is 5.05. The molecule has 1 aliphatic carbocycles. The number of likely N-dealkylation sites (tertiary alicyclic amines) is 1. The number of carbonyl (C=O) groups is 3. The average molecular weight is 348 g/mol. The zero-order chi connectivity index (χ0) is 18.3. The minimum atomic E-state index is -0.300. The molecule has 132 valence electrons. The molecular weight excluding hydrogens is 328 g/mol. The highest BCUT2D eigenvalue weighted by Crippen LogP contribution is 2.35. The van der Waals surface area contributed by atoms with Gasteiger partial charge in [0.15, 0.2) is 0 Å². The van der Waals surface area contributed by atoms with Gasteiger partial charge in [0.25, 0.3) is 0 Å². The topological polar surface area (TPSA) is 57.7 Å². The normalized spacial score (nSPS) is 22.0. The number of nitrogens with zero attached hydrogens (tertiary/aromatic N) is 2.